The van der Waals surface area contributed by atoms with Crippen molar-refractivity contribution >= 4 is 51.4 Å². The molecular weight excluding hydrogens is 492 g/mol. The predicted molar refractivity (Wildman–Crippen MR) is 142 cm³/mol. The molecule has 2 aromatic heterocycles. The summed E-state index contributed by atoms with van der Waals surface area (Å²) in [5.41, 5.74) is 3.97. The van der Waals surface area contributed by atoms with Gasteiger partial charge in [-0.2, -0.15) is 0 Å². The molecule has 178 valence electrons. The van der Waals surface area contributed by atoms with Crippen LogP contribution in [0.4, 0.5) is 11.4 Å². The molecule has 0 saturated carbocycles. The highest BCUT2D eigenvalue weighted by molar-refractivity contribution is 7.10. The fourth-order valence-electron chi connectivity index (χ4n) is 4.60. The zero-order chi connectivity index (χ0) is 25.0. The number of hydrogen-bond donors (Lipinski definition) is 2. The number of amides is 2. The van der Waals surface area contributed by atoms with Crippen molar-refractivity contribution in [3.05, 3.63) is 113 Å². The van der Waals surface area contributed by atoms with Crippen LogP contribution in [0.15, 0.2) is 87.1 Å². The molecule has 4 aromatic rings. The second kappa shape index (κ2) is 8.54. The van der Waals surface area contributed by atoms with Crippen molar-refractivity contribution in [2.75, 3.05) is 10.6 Å². The van der Waals surface area contributed by atoms with E-state index in [4.69, 9.17) is 0 Å². The number of carbonyl (C=O) groups is 2. The molecule has 6 rings (SSSR count). The van der Waals surface area contributed by atoms with E-state index in [1.54, 1.807) is 11.5 Å². The highest BCUT2D eigenvalue weighted by Gasteiger charge is 2.35. The van der Waals surface area contributed by atoms with Gasteiger partial charge in [0.05, 0.1) is 16.8 Å². The summed E-state index contributed by atoms with van der Waals surface area (Å²) in [4.78, 5) is 46.4. The maximum absolute atomic E-state index is 13.9. The first kappa shape index (κ1) is 22.4. The molecule has 0 spiro atoms. The Labute approximate surface area is 213 Å². The number of benzene rings is 2. The first-order valence-electron chi connectivity index (χ1n) is 11.3. The highest BCUT2D eigenvalue weighted by atomic mass is 32.1. The molecule has 0 saturated heterocycles. The molecule has 2 N–H and O–H groups in total. The number of allylic oxidation sites excluding steroid dienone is 1. The molecular formula is C27H20N4O3S2. The number of para-hydroxylation sites is 1. The Bertz CT molecular complexity index is 1760. The molecule has 2 aromatic carbocycles. The van der Waals surface area contributed by atoms with Crippen molar-refractivity contribution < 1.29 is 9.59 Å². The number of anilines is 2. The SMILES string of the molecule is CC1=C(C(=O)Nc2ccccc2)[C@@H](c2cccs2)n2c(s/c(=C3\C(=O)Nc4ccc(C)cc43)c2=O)=N1. The van der Waals surface area contributed by atoms with E-state index in [1.165, 1.54) is 22.7 Å². The zero-order valence-electron chi connectivity index (χ0n) is 19.4. The molecule has 36 heavy (non-hydrogen) atoms. The van der Waals surface area contributed by atoms with Gasteiger partial charge in [-0.05, 0) is 49.6 Å². The van der Waals surface area contributed by atoms with Gasteiger partial charge in [0.2, 0.25) is 0 Å². The Morgan fingerprint density at radius 2 is 1.86 bits per heavy atom. The number of nitrogens with zero attached hydrogens (tertiary/aromatic N) is 2. The smallest absolute Gasteiger partial charge is 0.272 e. The number of thiophene rings is 1. The van der Waals surface area contributed by atoms with Crippen molar-refractivity contribution in [3.8, 4) is 0 Å². The molecule has 0 unspecified atom stereocenters. The molecule has 0 fully saturated rings. The first-order chi connectivity index (χ1) is 17.4. The number of hydrogen-bond acceptors (Lipinski definition) is 6. The lowest BCUT2D eigenvalue weighted by Crippen LogP contribution is -2.41. The summed E-state index contributed by atoms with van der Waals surface area (Å²) >= 11 is 2.65. The summed E-state index contributed by atoms with van der Waals surface area (Å²) in [6.45, 7) is 3.72. The highest BCUT2D eigenvalue weighted by Crippen LogP contribution is 2.34. The van der Waals surface area contributed by atoms with Crippen molar-refractivity contribution in [2.45, 2.75) is 19.9 Å². The molecule has 4 heterocycles. The summed E-state index contributed by atoms with van der Waals surface area (Å²) in [5.74, 6) is -0.635. The van der Waals surface area contributed by atoms with Crippen molar-refractivity contribution in [3.63, 3.8) is 0 Å². The lowest BCUT2D eigenvalue weighted by molar-refractivity contribution is -0.113. The van der Waals surface area contributed by atoms with Crippen LogP contribution in [0.3, 0.4) is 0 Å². The Morgan fingerprint density at radius 1 is 1.06 bits per heavy atom. The van der Waals surface area contributed by atoms with Crippen molar-refractivity contribution in [2.24, 2.45) is 4.99 Å². The van der Waals surface area contributed by atoms with Crippen LogP contribution in [0.25, 0.3) is 5.57 Å². The molecule has 0 aliphatic carbocycles. The molecule has 9 heteroatoms. The van der Waals surface area contributed by atoms with Gasteiger partial charge in [0.25, 0.3) is 17.4 Å². The average molecular weight is 513 g/mol. The Kier molecular flexibility index (Phi) is 5.31. The minimum Gasteiger partial charge on any atom is -0.322 e. The van der Waals surface area contributed by atoms with E-state index >= 15 is 0 Å². The third-order valence-corrected chi connectivity index (χ3v) is 8.21. The summed E-state index contributed by atoms with van der Waals surface area (Å²) in [6, 6.07) is 18.0. The van der Waals surface area contributed by atoms with Crippen LogP contribution in [0.5, 0.6) is 0 Å². The summed E-state index contributed by atoms with van der Waals surface area (Å²) < 4.78 is 1.86. The van der Waals surface area contributed by atoms with Crippen molar-refractivity contribution in [1.82, 2.24) is 4.57 Å². The number of thiazole rings is 1. The average Bonchev–Trinajstić information content (AvgIpc) is 3.57. The van der Waals surface area contributed by atoms with Crippen LogP contribution >= 0.6 is 22.7 Å². The van der Waals surface area contributed by atoms with E-state index < -0.39 is 6.04 Å². The Hall–Kier alpha value is -4.08. The summed E-state index contributed by atoms with van der Waals surface area (Å²) in [5, 5.41) is 7.72. The topological polar surface area (TPSA) is 92.6 Å². The number of aromatic nitrogens is 1. The van der Waals surface area contributed by atoms with Crippen molar-refractivity contribution in [1.29, 1.82) is 0 Å². The molecule has 0 bridgehead atoms. The van der Waals surface area contributed by atoms with Crippen LogP contribution in [0, 0.1) is 6.92 Å². The number of nitrogens with one attached hydrogen (secondary N) is 2. The van der Waals surface area contributed by atoms with E-state index in [1.807, 2.05) is 73.0 Å². The maximum atomic E-state index is 13.9. The van der Waals surface area contributed by atoms with E-state index in [-0.39, 0.29) is 17.4 Å². The second-order valence-electron chi connectivity index (χ2n) is 8.62. The molecule has 7 nitrogen and oxygen atoms in total. The fourth-order valence-corrected chi connectivity index (χ4v) is 6.57. The molecule has 2 amide bonds. The van der Waals surface area contributed by atoms with Crippen LogP contribution in [0.2, 0.25) is 0 Å². The third kappa shape index (κ3) is 3.55. The lowest BCUT2D eigenvalue weighted by atomic mass is 10.0. The van der Waals surface area contributed by atoms with Crippen LogP contribution in [0.1, 0.15) is 29.0 Å². The quantitative estimate of drug-likeness (QED) is 0.440. The largest absolute Gasteiger partial charge is 0.322 e. The zero-order valence-corrected chi connectivity index (χ0v) is 21.0. The van der Waals surface area contributed by atoms with Gasteiger partial charge in [-0.1, -0.05) is 47.2 Å². The van der Waals surface area contributed by atoms with Crippen LogP contribution in [-0.4, -0.2) is 16.4 Å². The minimum absolute atomic E-state index is 0.314. The van der Waals surface area contributed by atoms with Gasteiger partial charge < -0.3 is 10.6 Å². The molecule has 2 aliphatic heterocycles. The second-order valence-corrected chi connectivity index (χ2v) is 10.6. The van der Waals surface area contributed by atoms with Gasteiger partial charge in [0.1, 0.15) is 10.6 Å². The van der Waals surface area contributed by atoms with E-state index in [9.17, 15) is 14.4 Å². The van der Waals surface area contributed by atoms with E-state index in [0.717, 1.165) is 10.4 Å². The fraction of sp³-hybridized carbons (Fsp3) is 0.111. The minimum atomic E-state index is -0.652. The summed E-state index contributed by atoms with van der Waals surface area (Å²) in [7, 11) is 0. The van der Waals surface area contributed by atoms with Crippen LogP contribution in [-0.2, 0) is 9.59 Å². The Balaban J connectivity index is 1.57. The first-order valence-corrected chi connectivity index (χ1v) is 13.0. The van der Waals surface area contributed by atoms with Gasteiger partial charge in [-0.15, -0.1) is 11.3 Å². The van der Waals surface area contributed by atoms with E-state index in [2.05, 4.69) is 15.6 Å². The number of rotatable bonds is 3. The van der Waals surface area contributed by atoms with Gasteiger partial charge >= 0.3 is 0 Å². The monoisotopic (exact) mass is 512 g/mol. The van der Waals surface area contributed by atoms with Gasteiger partial charge in [-0.3, -0.25) is 19.0 Å². The molecule has 0 radical (unpaired) electrons. The number of carbonyl (C=O) groups excluding carboxylic acids is 2. The normalized spacial score (nSPS) is 17.8. The predicted octanol–water partition coefficient (Wildman–Crippen LogP) is 3.57. The lowest BCUT2D eigenvalue weighted by Gasteiger charge is -2.24. The van der Waals surface area contributed by atoms with Gasteiger partial charge in [-0.25, -0.2) is 4.99 Å². The molecule has 1 atom stereocenters. The van der Waals surface area contributed by atoms with Crippen LogP contribution < -0.4 is 25.5 Å². The molecule has 2 aliphatic rings. The Morgan fingerprint density at radius 3 is 2.61 bits per heavy atom. The standard InChI is InChI=1S/C27H20N4O3S2/c1-14-10-11-18-17(13-14)21(25(33)30-18)23-26(34)31-22(19-9-6-12-35-19)20(15(2)28-27(31)36-23)24(32)29-16-7-4-3-5-8-16/h3-13,22H,1-2H3,(H,29,32)(H,30,33)/b23-21-/t22-/m1/s1. The third-order valence-electron chi connectivity index (χ3n) is 6.23. The summed E-state index contributed by atoms with van der Waals surface area (Å²) in [6.07, 6.45) is 0. The maximum Gasteiger partial charge on any atom is 0.272 e. The van der Waals surface area contributed by atoms with E-state index in [0.29, 0.717) is 43.1 Å². The van der Waals surface area contributed by atoms with Gasteiger partial charge in [0, 0.05) is 21.8 Å². The number of aryl methyl sites for hydroxylation is 1. The van der Waals surface area contributed by atoms with Gasteiger partial charge in [0.15, 0.2) is 4.80 Å². The number of fused-ring (bicyclic) bond motifs is 2.